The van der Waals surface area contributed by atoms with Gasteiger partial charge in [0, 0.05) is 25.2 Å². The van der Waals surface area contributed by atoms with Crippen molar-refractivity contribution in [1.82, 2.24) is 5.32 Å². The van der Waals surface area contributed by atoms with Crippen molar-refractivity contribution in [2.75, 3.05) is 52.5 Å². The minimum absolute atomic E-state index is 0.183. The standard InChI is InChI=1S/C41H80N4O3/c1-5-6-7-8-9-10-23-45-24-11-15-31(2)34-16-17-35-39-36(30-38(41(34,35)4)48-27-14-22-44)40(3)19-18-33(46-25-12-20-42)28-32(40)29-37(39)47-26-13-21-43/h31-39,45H,5-30,42-44H2,1-4H3/t31-,32+,33-,34-,35+,36?,37?,38+,39?,40+,41-/m1/s1. The molecule has 7 nitrogen and oxygen atoms in total. The van der Waals surface area contributed by atoms with Crippen LogP contribution in [-0.4, -0.2) is 70.9 Å². The molecule has 7 N–H and O–H groups in total. The van der Waals surface area contributed by atoms with Crippen molar-refractivity contribution >= 4 is 0 Å². The molecule has 7 heteroatoms. The van der Waals surface area contributed by atoms with Gasteiger partial charge in [0.05, 0.1) is 18.3 Å². The smallest absolute Gasteiger partial charge is 0.0637 e. The molecule has 11 atom stereocenters. The number of unbranched alkanes of at least 4 members (excludes halogenated alkanes) is 5. The number of nitrogens with two attached hydrogens (primary N) is 3. The molecule has 0 heterocycles. The van der Waals surface area contributed by atoms with Crippen molar-refractivity contribution in [2.24, 2.45) is 63.5 Å². The van der Waals surface area contributed by atoms with Gasteiger partial charge in [-0.2, -0.15) is 0 Å². The zero-order valence-electron chi connectivity index (χ0n) is 32.0. The third-order valence-corrected chi connectivity index (χ3v) is 14.2. The summed E-state index contributed by atoms with van der Waals surface area (Å²) in [5, 5.41) is 3.77. The van der Waals surface area contributed by atoms with Crippen molar-refractivity contribution in [3.8, 4) is 0 Å². The van der Waals surface area contributed by atoms with E-state index in [1.807, 2.05) is 0 Å². The van der Waals surface area contributed by atoms with Gasteiger partial charge in [0.1, 0.15) is 0 Å². The first-order valence-electron chi connectivity index (χ1n) is 21.0. The first kappa shape index (κ1) is 40.5. The normalized spacial score (nSPS) is 36.8. The van der Waals surface area contributed by atoms with Crippen molar-refractivity contribution in [1.29, 1.82) is 0 Å². The molecule has 0 aromatic rings. The third kappa shape index (κ3) is 9.98. The van der Waals surface area contributed by atoms with Gasteiger partial charge >= 0.3 is 0 Å². The largest absolute Gasteiger partial charge is 0.378 e. The SMILES string of the molecule is CCCCCCCCNCCC[C@@H](C)[C@H]1CC[C@H]2C3C(OCCCN)C[C@@H]4C[C@H](OCCCN)CC[C@]4(C)C3C[C@H](OCCCN)[C@]12C. The minimum Gasteiger partial charge on any atom is -0.378 e. The Morgan fingerprint density at radius 3 is 2.10 bits per heavy atom. The molecule has 3 unspecified atom stereocenters. The van der Waals surface area contributed by atoms with E-state index in [0.717, 1.165) is 52.0 Å². The molecule has 4 rings (SSSR count). The number of rotatable bonds is 24. The average molecular weight is 677 g/mol. The van der Waals surface area contributed by atoms with Crippen molar-refractivity contribution < 1.29 is 14.2 Å². The molecule has 4 saturated carbocycles. The lowest BCUT2D eigenvalue weighted by molar-refractivity contribution is -0.227. The molecule has 0 amide bonds. The van der Waals surface area contributed by atoms with E-state index >= 15 is 0 Å². The van der Waals surface area contributed by atoms with Gasteiger partial charge in [0.15, 0.2) is 0 Å². The van der Waals surface area contributed by atoms with E-state index in [4.69, 9.17) is 31.4 Å². The van der Waals surface area contributed by atoms with Crippen LogP contribution in [0.3, 0.4) is 0 Å². The van der Waals surface area contributed by atoms with Crippen LogP contribution in [0.25, 0.3) is 0 Å². The van der Waals surface area contributed by atoms with Crippen LogP contribution in [0.4, 0.5) is 0 Å². The first-order chi connectivity index (χ1) is 23.3. The van der Waals surface area contributed by atoms with Crippen LogP contribution < -0.4 is 22.5 Å². The Kier molecular flexibility index (Phi) is 17.4. The summed E-state index contributed by atoms with van der Waals surface area (Å²) in [4.78, 5) is 0. The van der Waals surface area contributed by atoms with Gasteiger partial charge in [-0.05, 0) is 157 Å². The lowest BCUT2D eigenvalue weighted by atomic mass is 9.43. The van der Waals surface area contributed by atoms with Gasteiger partial charge in [0.25, 0.3) is 0 Å². The predicted molar refractivity (Wildman–Crippen MR) is 201 cm³/mol. The number of nitrogens with one attached hydrogen (secondary N) is 1. The Morgan fingerprint density at radius 1 is 0.708 bits per heavy atom. The topological polar surface area (TPSA) is 118 Å². The second-order valence-corrected chi connectivity index (χ2v) is 17.1. The minimum atomic E-state index is 0.183. The Labute approximate surface area is 296 Å². The highest BCUT2D eigenvalue weighted by molar-refractivity contribution is 5.15. The summed E-state index contributed by atoms with van der Waals surface area (Å²) in [6, 6.07) is 0. The summed E-state index contributed by atoms with van der Waals surface area (Å²) in [6.45, 7) is 17.0. The molecule has 282 valence electrons. The molecule has 0 aromatic carbocycles. The number of hydrogen-bond donors (Lipinski definition) is 4. The Hall–Kier alpha value is -0.280. The molecule has 4 aliphatic rings. The predicted octanol–water partition coefficient (Wildman–Crippen LogP) is 7.43. The van der Waals surface area contributed by atoms with E-state index in [9.17, 15) is 0 Å². The van der Waals surface area contributed by atoms with Gasteiger partial charge in [-0.25, -0.2) is 0 Å². The molecule has 0 radical (unpaired) electrons. The van der Waals surface area contributed by atoms with Crippen LogP contribution in [0, 0.1) is 46.3 Å². The quantitative estimate of drug-likeness (QED) is 0.0786. The zero-order chi connectivity index (χ0) is 34.4. The second kappa shape index (κ2) is 20.7. The number of ether oxygens (including phenoxy) is 3. The Balaban J connectivity index is 1.46. The highest BCUT2D eigenvalue weighted by Gasteiger charge is 2.66. The summed E-state index contributed by atoms with van der Waals surface area (Å²) in [6.07, 6.45) is 23.2. The van der Waals surface area contributed by atoms with Gasteiger partial charge in [0.2, 0.25) is 0 Å². The van der Waals surface area contributed by atoms with Gasteiger partial charge in [-0.3, -0.25) is 0 Å². The lowest BCUT2D eigenvalue weighted by Crippen LogP contribution is -2.63. The van der Waals surface area contributed by atoms with Crippen molar-refractivity contribution in [3.63, 3.8) is 0 Å². The number of fused-ring (bicyclic) bond motifs is 5. The van der Waals surface area contributed by atoms with Crippen LogP contribution >= 0.6 is 0 Å². The molecule has 0 saturated heterocycles. The van der Waals surface area contributed by atoms with Crippen LogP contribution in [-0.2, 0) is 14.2 Å². The second-order valence-electron chi connectivity index (χ2n) is 17.1. The molecule has 0 aliphatic heterocycles. The van der Waals surface area contributed by atoms with Crippen molar-refractivity contribution in [3.05, 3.63) is 0 Å². The summed E-state index contributed by atoms with van der Waals surface area (Å²) >= 11 is 0. The lowest BCUT2D eigenvalue weighted by Gasteiger charge is -2.65. The molecule has 4 aliphatic carbocycles. The van der Waals surface area contributed by atoms with Gasteiger partial charge < -0.3 is 36.7 Å². The van der Waals surface area contributed by atoms with Crippen molar-refractivity contribution in [2.45, 2.75) is 162 Å². The fourth-order valence-corrected chi connectivity index (χ4v) is 11.5. The van der Waals surface area contributed by atoms with E-state index in [1.165, 1.54) is 96.4 Å². The number of hydrogen-bond acceptors (Lipinski definition) is 7. The highest BCUT2D eigenvalue weighted by Crippen LogP contribution is 2.69. The van der Waals surface area contributed by atoms with Crippen LogP contribution in [0.2, 0.25) is 0 Å². The fourth-order valence-electron chi connectivity index (χ4n) is 11.5. The molecule has 0 bridgehead atoms. The first-order valence-corrected chi connectivity index (χ1v) is 21.0. The maximum absolute atomic E-state index is 7.03. The van der Waals surface area contributed by atoms with E-state index < -0.39 is 0 Å². The van der Waals surface area contributed by atoms with E-state index in [0.29, 0.717) is 78.9 Å². The fraction of sp³-hybridized carbons (Fsp3) is 1.00. The molecule has 0 spiro atoms. The maximum Gasteiger partial charge on any atom is 0.0637 e. The van der Waals surface area contributed by atoms with E-state index in [1.54, 1.807) is 0 Å². The monoisotopic (exact) mass is 677 g/mol. The highest BCUT2D eigenvalue weighted by atomic mass is 16.5. The Bertz CT molecular complexity index is 879. The molecular formula is C41H80N4O3. The van der Waals surface area contributed by atoms with E-state index in [-0.39, 0.29) is 5.41 Å². The summed E-state index contributed by atoms with van der Waals surface area (Å²) in [5.41, 5.74) is 18.3. The summed E-state index contributed by atoms with van der Waals surface area (Å²) in [5.74, 6) is 3.92. The third-order valence-electron chi connectivity index (χ3n) is 14.2. The van der Waals surface area contributed by atoms with E-state index in [2.05, 4.69) is 33.0 Å². The summed E-state index contributed by atoms with van der Waals surface area (Å²) < 4.78 is 20.4. The molecule has 4 fully saturated rings. The molecule has 0 aromatic heterocycles. The average Bonchev–Trinajstić information content (AvgIpc) is 3.44. The Morgan fingerprint density at radius 2 is 1.38 bits per heavy atom. The molecular weight excluding hydrogens is 596 g/mol. The maximum atomic E-state index is 7.03. The van der Waals surface area contributed by atoms with Gasteiger partial charge in [-0.15, -0.1) is 0 Å². The van der Waals surface area contributed by atoms with Crippen LogP contribution in [0.1, 0.15) is 143 Å². The molecule has 48 heavy (non-hydrogen) atoms. The zero-order valence-corrected chi connectivity index (χ0v) is 32.0. The van der Waals surface area contributed by atoms with Gasteiger partial charge in [-0.1, -0.05) is 59.8 Å². The van der Waals surface area contributed by atoms with Crippen LogP contribution in [0.15, 0.2) is 0 Å². The van der Waals surface area contributed by atoms with Crippen LogP contribution in [0.5, 0.6) is 0 Å². The summed E-state index contributed by atoms with van der Waals surface area (Å²) in [7, 11) is 0.